The summed E-state index contributed by atoms with van der Waals surface area (Å²) in [6.45, 7) is 0.0425. The van der Waals surface area contributed by atoms with Crippen LogP contribution in [-0.4, -0.2) is 98.8 Å². The van der Waals surface area contributed by atoms with Crippen molar-refractivity contribution in [1.29, 1.82) is 0 Å². The molecule has 0 aliphatic carbocycles. The number of rotatable bonds is 22. The van der Waals surface area contributed by atoms with Gasteiger partial charge in [-0.2, -0.15) is 0 Å². The molecule has 17 nitrogen and oxygen atoms in total. The van der Waals surface area contributed by atoms with Gasteiger partial charge in [-0.3, -0.25) is 24.0 Å². The van der Waals surface area contributed by atoms with Crippen LogP contribution in [0.3, 0.4) is 0 Å². The molecule has 0 aliphatic rings. The molecule has 0 radical (unpaired) electrons. The molecule has 18 heteroatoms. The monoisotopic (exact) mass is 823 g/mol. The molecule has 0 heterocycles. The standard InChI is InChI=1S/C33H40IN5O12/c34-21-11-9-20(10-12-21)28(44)36-22(13-15-26(40)41)30(46)37-25(18-19-6-2-1-3-7-19)29(45)35-17-5-4-8-23(31(47)48)38-33(51)39-24(32(49)50)14-16-27(42)43/h1-3,6-7,9-12,22-25H,4-5,8,13-18H2,(H,35,45)(H,36,44)(H,37,46)(H,40,41)(H,42,43)(H,47,48)(H,49,50)(H2,38,39,51)/t22-,23-,24-,25-/m0/s1/i34-2. The molecular formula is C33H40IN5O12. The number of hydrogen-bond donors (Lipinski definition) is 9. The van der Waals surface area contributed by atoms with E-state index in [-0.39, 0.29) is 44.2 Å². The number of aliphatic carboxylic acids is 4. The van der Waals surface area contributed by atoms with Gasteiger partial charge < -0.3 is 47.0 Å². The third kappa shape index (κ3) is 16.3. The van der Waals surface area contributed by atoms with Crippen LogP contribution in [0.25, 0.3) is 0 Å². The Morgan fingerprint density at radius 3 is 1.69 bits per heavy atom. The largest absolute Gasteiger partial charge is 0.481 e. The van der Waals surface area contributed by atoms with Gasteiger partial charge in [0.25, 0.3) is 5.91 Å². The SMILES string of the molecule is O=C(O)CC[C@H](NC(=O)N[C@@H](CCCCNC(=O)[C@H](Cc1ccccc1)NC(=O)[C@H](CCC(=O)O)NC(=O)c1ccc([125I])cc1)C(=O)O)C(=O)O. The Balaban J connectivity index is 2.02. The van der Waals surface area contributed by atoms with E-state index in [1.54, 1.807) is 54.6 Å². The first-order valence-electron chi connectivity index (χ1n) is 15.8. The second kappa shape index (κ2) is 21.7. The van der Waals surface area contributed by atoms with Gasteiger partial charge in [0.2, 0.25) is 11.8 Å². The first-order chi connectivity index (χ1) is 24.2. The number of urea groups is 1. The normalized spacial score (nSPS) is 13.0. The van der Waals surface area contributed by atoms with Crippen molar-refractivity contribution in [3.63, 3.8) is 0 Å². The van der Waals surface area contributed by atoms with Crippen molar-refractivity contribution in [2.45, 2.75) is 75.5 Å². The number of carboxylic acids is 4. The second-order valence-electron chi connectivity index (χ2n) is 11.3. The van der Waals surface area contributed by atoms with Crippen LogP contribution in [0.4, 0.5) is 4.79 Å². The summed E-state index contributed by atoms with van der Waals surface area (Å²) in [5.74, 6) is -7.31. The number of carbonyl (C=O) groups is 8. The number of amides is 5. The van der Waals surface area contributed by atoms with E-state index in [1.807, 2.05) is 5.32 Å². The van der Waals surface area contributed by atoms with E-state index in [1.165, 1.54) is 0 Å². The van der Waals surface area contributed by atoms with Crippen molar-refractivity contribution in [3.8, 4) is 0 Å². The minimum absolute atomic E-state index is 0.0425. The van der Waals surface area contributed by atoms with E-state index in [0.29, 0.717) is 5.56 Å². The van der Waals surface area contributed by atoms with Crippen molar-refractivity contribution < 1.29 is 58.8 Å². The van der Waals surface area contributed by atoms with Gasteiger partial charge in [-0.25, -0.2) is 14.4 Å². The van der Waals surface area contributed by atoms with Crippen LogP contribution >= 0.6 is 22.6 Å². The summed E-state index contributed by atoms with van der Waals surface area (Å²) in [7, 11) is 0. The van der Waals surface area contributed by atoms with Gasteiger partial charge in [-0.05, 0) is 84.5 Å². The van der Waals surface area contributed by atoms with Gasteiger partial charge >= 0.3 is 29.9 Å². The topological polar surface area (TPSA) is 278 Å². The summed E-state index contributed by atoms with van der Waals surface area (Å²) in [6.07, 6.45) is -1.22. The summed E-state index contributed by atoms with van der Waals surface area (Å²) in [5, 5.41) is 48.8. The molecule has 2 rings (SSSR count). The molecule has 0 fully saturated rings. The van der Waals surface area contributed by atoms with Crippen molar-refractivity contribution in [3.05, 3.63) is 69.3 Å². The Bertz CT molecular complexity index is 1540. The maximum absolute atomic E-state index is 13.4. The number of unbranched alkanes of at least 4 members (excludes halogenated alkanes) is 1. The predicted octanol–water partition coefficient (Wildman–Crippen LogP) is 1.34. The van der Waals surface area contributed by atoms with Crippen LogP contribution in [0.15, 0.2) is 54.6 Å². The summed E-state index contributed by atoms with van der Waals surface area (Å²) >= 11 is 2.07. The zero-order chi connectivity index (χ0) is 37.9. The average Bonchev–Trinajstić information content (AvgIpc) is 3.07. The molecule has 0 aromatic heterocycles. The first-order valence-corrected chi connectivity index (χ1v) is 16.9. The first kappa shape index (κ1) is 41.9. The van der Waals surface area contributed by atoms with Crippen LogP contribution in [0.5, 0.6) is 0 Å². The lowest BCUT2D eigenvalue weighted by Crippen LogP contribution is -2.54. The molecular weight excluding hydrogens is 783 g/mol. The lowest BCUT2D eigenvalue weighted by molar-refractivity contribution is -0.141. The molecule has 4 atom stereocenters. The van der Waals surface area contributed by atoms with Gasteiger partial charge in [0.1, 0.15) is 24.2 Å². The molecule has 5 amide bonds. The third-order valence-electron chi connectivity index (χ3n) is 7.36. The quantitative estimate of drug-likeness (QED) is 0.0601. The van der Waals surface area contributed by atoms with Crippen LogP contribution in [0.1, 0.15) is 60.9 Å². The number of carboxylic acid groups (broad SMARTS) is 4. The summed E-state index contributed by atoms with van der Waals surface area (Å²) < 4.78 is 0.877. The molecule has 51 heavy (non-hydrogen) atoms. The minimum atomic E-state index is -1.55. The molecule has 9 N–H and O–H groups in total. The number of nitrogens with one attached hydrogen (secondary N) is 5. The van der Waals surface area contributed by atoms with Crippen LogP contribution in [-0.2, 0) is 35.2 Å². The fraction of sp³-hybridized carbons (Fsp3) is 0.394. The van der Waals surface area contributed by atoms with Gasteiger partial charge in [0.15, 0.2) is 0 Å². The fourth-order valence-corrected chi connectivity index (χ4v) is 5.02. The van der Waals surface area contributed by atoms with E-state index in [2.05, 4.69) is 43.9 Å². The Morgan fingerprint density at radius 1 is 0.588 bits per heavy atom. The van der Waals surface area contributed by atoms with Gasteiger partial charge in [0.05, 0.1) is 0 Å². The van der Waals surface area contributed by atoms with Crippen molar-refractivity contribution in [2.24, 2.45) is 0 Å². The molecule has 0 aliphatic heterocycles. The maximum atomic E-state index is 13.4. The predicted molar refractivity (Wildman–Crippen MR) is 188 cm³/mol. The second-order valence-corrected chi connectivity index (χ2v) is 12.6. The highest BCUT2D eigenvalue weighted by Gasteiger charge is 2.28. The molecule has 0 unspecified atom stereocenters. The van der Waals surface area contributed by atoms with E-state index >= 15 is 0 Å². The van der Waals surface area contributed by atoms with Gasteiger partial charge in [0, 0.05) is 34.9 Å². The minimum Gasteiger partial charge on any atom is -0.481 e. The Labute approximate surface area is 306 Å². The highest BCUT2D eigenvalue weighted by atomic mass is 125. The zero-order valence-corrected chi connectivity index (χ0v) is 29.5. The third-order valence-corrected chi connectivity index (χ3v) is 8.08. The Morgan fingerprint density at radius 2 is 1.14 bits per heavy atom. The smallest absolute Gasteiger partial charge is 0.326 e. The van der Waals surface area contributed by atoms with Crippen molar-refractivity contribution >= 4 is 70.2 Å². The van der Waals surface area contributed by atoms with Crippen molar-refractivity contribution in [2.75, 3.05) is 6.54 Å². The number of halogens is 1. The van der Waals surface area contributed by atoms with Crippen LogP contribution in [0, 0.1) is 3.57 Å². The average molecular weight is 824 g/mol. The maximum Gasteiger partial charge on any atom is 0.326 e. The fourth-order valence-electron chi connectivity index (χ4n) is 4.66. The van der Waals surface area contributed by atoms with E-state index in [4.69, 9.17) is 5.11 Å². The van der Waals surface area contributed by atoms with E-state index in [9.17, 15) is 53.7 Å². The van der Waals surface area contributed by atoms with Crippen LogP contribution < -0.4 is 26.6 Å². The van der Waals surface area contributed by atoms with Gasteiger partial charge in [-0.1, -0.05) is 30.3 Å². The van der Waals surface area contributed by atoms with Crippen LogP contribution in [0.2, 0.25) is 0 Å². The Hall–Kier alpha value is -5.27. The zero-order valence-electron chi connectivity index (χ0n) is 27.3. The van der Waals surface area contributed by atoms with Gasteiger partial charge in [-0.15, -0.1) is 0 Å². The number of carbonyl (C=O) groups excluding carboxylic acids is 4. The molecule has 2 aromatic rings. The molecule has 0 saturated carbocycles. The Kier molecular flexibility index (Phi) is 17.9. The highest BCUT2D eigenvalue weighted by molar-refractivity contribution is 14.1. The number of benzene rings is 2. The van der Waals surface area contributed by atoms with Crippen molar-refractivity contribution in [1.82, 2.24) is 26.6 Å². The molecule has 0 spiro atoms. The van der Waals surface area contributed by atoms with E-state index in [0.717, 1.165) is 3.57 Å². The molecule has 0 saturated heterocycles. The lowest BCUT2D eigenvalue weighted by Gasteiger charge is -2.23. The highest BCUT2D eigenvalue weighted by Crippen LogP contribution is 2.10. The molecule has 2 aromatic carbocycles. The molecule has 276 valence electrons. The summed E-state index contributed by atoms with van der Waals surface area (Å²) in [5.41, 5.74) is 0.952. The molecule has 0 bridgehead atoms. The lowest BCUT2D eigenvalue weighted by atomic mass is 10.0. The summed E-state index contributed by atoms with van der Waals surface area (Å²) in [6, 6.07) is 8.75. The number of hydrogen-bond acceptors (Lipinski definition) is 8. The summed E-state index contributed by atoms with van der Waals surface area (Å²) in [4.78, 5) is 96.9. The van der Waals surface area contributed by atoms with E-state index < -0.39 is 91.1 Å².